The second-order valence-corrected chi connectivity index (χ2v) is 9.02. The van der Waals surface area contributed by atoms with E-state index >= 15 is 0 Å². The van der Waals surface area contributed by atoms with Crippen molar-refractivity contribution in [2.75, 3.05) is 7.11 Å². The van der Waals surface area contributed by atoms with Crippen LogP contribution >= 0.6 is 11.3 Å². The zero-order valence-corrected chi connectivity index (χ0v) is 20.7. The molecule has 0 radical (unpaired) electrons. The Balaban J connectivity index is 1.72. The molecule has 0 fully saturated rings. The molecule has 10 heteroatoms. The molecular weight excluding hydrogens is 452 g/mol. The van der Waals surface area contributed by atoms with E-state index < -0.39 is 6.04 Å². The summed E-state index contributed by atoms with van der Waals surface area (Å²) in [6.07, 6.45) is 3.52. The molecular formula is C24H26N6O3S. The number of carbonyl (C=O) groups excluding carboxylic acids is 1. The van der Waals surface area contributed by atoms with Gasteiger partial charge >= 0.3 is 0 Å². The van der Waals surface area contributed by atoms with Crippen LogP contribution in [0.2, 0.25) is 0 Å². The van der Waals surface area contributed by atoms with Gasteiger partial charge in [-0.25, -0.2) is 14.6 Å². The lowest BCUT2D eigenvalue weighted by molar-refractivity contribution is 0.0944. The molecule has 0 bridgehead atoms. The lowest BCUT2D eigenvalue weighted by atomic mass is 10.1. The maximum atomic E-state index is 13.4. The Morgan fingerprint density at radius 1 is 1.12 bits per heavy atom. The van der Waals surface area contributed by atoms with Gasteiger partial charge in [0.25, 0.3) is 11.5 Å². The van der Waals surface area contributed by atoms with E-state index in [0.717, 1.165) is 22.6 Å². The van der Waals surface area contributed by atoms with Crippen LogP contribution in [0, 0.1) is 20.8 Å². The summed E-state index contributed by atoms with van der Waals surface area (Å²) in [6, 6.07) is 7.00. The van der Waals surface area contributed by atoms with Crippen LogP contribution in [0.4, 0.5) is 0 Å². The lowest BCUT2D eigenvalue weighted by Gasteiger charge is -2.19. The minimum absolute atomic E-state index is 0.243. The van der Waals surface area contributed by atoms with Gasteiger partial charge in [-0.1, -0.05) is 12.1 Å². The third kappa shape index (κ3) is 4.24. The minimum atomic E-state index is -0.485. The predicted molar refractivity (Wildman–Crippen MR) is 130 cm³/mol. The molecule has 1 atom stereocenters. The quantitative estimate of drug-likeness (QED) is 0.457. The highest BCUT2D eigenvalue weighted by Crippen LogP contribution is 2.30. The highest BCUT2D eigenvalue weighted by Gasteiger charge is 2.25. The van der Waals surface area contributed by atoms with Crippen molar-refractivity contribution in [2.45, 2.75) is 26.8 Å². The van der Waals surface area contributed by atoms with Gasteiger partial charge in [-0.3, -0.25) is 9.59 Å². The van der Waals surface area contributed by atoms with Crippen molar-refractivity contribution in [1.29, 1.82) is 0 Å². The Kier molecular flexibility index (Phi) is 6.34. The maximum absolute atomic E-state index is 13.4. The molecule has 4 rings (SSSR count). The first kappa shape index (κ1) is 23.4. The predicted octanol–water partition coefficient (Wildman–Crippen LogP) is 3.09. The van der Waals surface area contributed by atoms with Crippen molar-refractivity contribution in [3.8, 4) is 16.3 Å². The van der Waals surface area contributed by atoms with Crippen LogP contribution in [0.5, 0.6) is 5.75 Å². The molecule has 3 aromatic heterocycles. The molecule has 0 aliphatic rings. The Morgan fingerprint density at radius 3 is 2.44 bits per heavy atom. The van der Waals surface area contributed by atoms with Crippen LogP contribution < -0.4 is 15.6 Å². The van der Waals surface area contributed by atoms with Gasteiger partial charge in [0.05, 0.1) is 24.1 Å². The SMILES string of the molecule is COc1ccc(C(NC(=O)c2sc(-c3c(C)c(C)nn(C)c3=O)nc2C)c2nccn2C)cc1. The summed E-state index contributed by atoms with van der Waals surface area (Å²) in [6.45, 7) is 5.46. The van der Waals surface area contributed by atoms with E-state index in [1.54, 1.807) is 27.3 Å². The number of benzene rings is 1. The van der Waals surface area contributed by atoms with Crippen molar-refractivity contribution >= 4 is 17.2 Å². The third-order valence-corrected chi connectivity index (χ3v) is 6.96. The number of aromatic nitrogens is 5. The van der Waals surface area contributed by atoms with Crippen LogP contribution in [0.1, 0.15) is 44.1 Å². The van der Waals surface area contributed by atoms with Crippen molar-refractivity contribution in [1.82, 2.24) is 29.6 Å². The van der Waals surface area contributed by atoms with E-state index in [4.69, 9.17) is 4.74 Å². The van der Waals surface area contributed by atoms with E-state index in [9.17, 15) is 9.59 Å². The molecule has 4 aromatic rings. The highest BCUT2D eigenvalue weighted by atomic mass is 32.1. The molecule has 0 aliphatic heterocycles. The lowest BCUT2D eigenvalue weighted by Crippen LogP contribution is -2.31. The van der Waals surface area contributed by atoms with Crippen LogP contribution in [0.3, 0.4) is 0 Å². The van der Waals surface area contributed by atoms with Gasteiger partial charge in [-0.05, 0) is 44.0 Å². The number of amides is 1. The van der Waals surface area contributed by atoms with Gasteiger partial charge in [0.1, 0.15) is 27.5 Å². The molecule has 176 valence electrons. The first-order chi connectivity index (χ1) is 16.2. The van der Waals surface area contributed by atoms with Crippen LogP contribution in [0.25, 0.3) is 10.6 Å². The summed E-state index contributed by atoms with van der Waals surface area (Å²) in [5.74, 6) is 1.13. The number of methoxy groups -OCH3 is 1. The number of nitrogens with zero attached hydrogens (tertiary/aromatic N) is 5. The zero-order valence-electron chi connectivity index (χ0n) is 19.9. The Bertz CT molecular complexity index is 1420. The Labute approximate surface area is 201 Å². The normalized spacial score (nSPS) is 11.9. The minimum Gasteiger partial charge on any atom is -0.497 e. The first-order valence-electron chi connectivity index (χ1n) is 10.7. The number of aryl methyl sites for hydroxylation is 4. The fourth-order valence-electron chi connectivity index (χ4n) is 3.76. The number of imidazole rings is 1. The van der Waals surface area contributed by atoms with Crippen LogP contribution in [-0.2, 0) is 14.1 Å². The smallest absolute Gasteiger partial charge is 0.277 e. The van der Waals surface area contributed by atoms with Crippen molar-refractivity contribution in [3.05, 3.63) is 80.2 Å². The molecule has 0 spiro atoms. The first-order valence-corrected chi connectivity index (χ1v) is 11.5. The summed E-state index contributed by atoms with van der Waals surface area (Å²) in [7, 11) is 5.10. The summed E-state index contributed by atoms with van der Waals surface area (Å²) < 4.78 is 8.43. The van der Waals surface area contributed by atoms with Crippen LogP contribution in [0.15, 0.2) is 41.5 Å². The highest BCUT2D eigenvalue weighted by molar-refractivity contribution is 7.17. The molecule has 1 unspecified atom stereocenters. The van der Waals surface area contributed by atoms with E-state index in [-0.39, 0.29) is 11.5 Å². The van der Waals surface area contributed by atoms with Gasteiger partial charge in [-0.15, -0.1) is 11.3 Å². The number of nitrogens with one attached hydrogen (secondary N) is 1. The standard InChI is InChI=1S/C24H26N6O3S/c1-13-14(2)28-30(5)24(32)18(13)23-26-15(3)20(34-23)22(31)27-19(21-25-11-12-29(21)4)16-7-9-17(33-6)10-8-16/h7-12,19H,1-6H3,(H,27,31). The average Bonchev–Trinajstić information content (AvgIpc) is 3.41. The number of hydrogen-bond donors (Lipinski definition) is 1. The number of carbonyl (C=O) groups is 1. The van der Waals surface area contributed by atoms with Gasteiger partial charge in [0, 0.05) is 26.5 Å². The summed E-state index contributed by atoms with van der Waals surface area (Å²) >= 11 is 1.20. The van der Waals surface area contributed by atoms with Crippen molar-refractivity contribution in [2.24, 2.45) is 14.1 Å². The maximum Gasteiger partial charge on any atom is 0.277 e. The molecule has 1 amide bonds. The molecule has 1 aromatic carbocycles. The van der Waals surface area contributed by atoms with Crippen molar-refractivity contribution in [3.63, 3.8) is 0 Å². The van der Waals surface area contributed by atoms with E-state index in [2.05, 4.69) is 20.4 Å². The monoisotopic (exact) mass is 478 g/mol. The summed E-state index contributed by atoms with van der Waals surface area (Å²) in [5, 5.41) is 7.83. The number of thiazole rings is 1. The summed E-state index contributed by atoms with van der Waals surface area (Å²) in [5.41, 5.74) is 3.14. The van der Waals surface area contributed by atoms with Gasteiger partial charge in [0.15, 0.2) is 0 Å². The van der Waals surface area contributed by atoms with E-state index in [1.165, 1.54) is 16.0 Å². The number of hydrogen-bond acceptors (Lipinski definition) is 7. The molecule has 0 aliphatic carbocycles. The van der Waals surface area contributed by atoms with Crippen LogP contribution in [-0.4, -0.2) is 37.3 Å². The van der Waals surface area contributed by atoms with Crippen molar-refractivity contribution < 1.29 is 9.53 Å². The topological polar surface area (TPSA) is 104 Å². The molecule has 3 heterocycles. The average molecular weight is 479 g/mol. The molecule has 9 nitrogen and oxygen atoms in total. The fourth-order valence-corrected chi connectivity index (χ4v) is 4.82. The zero-order chi connectivity index (χ0) is 24.6. The fraction of sp³-hybridized carbons (Fsp3) is 0.292. The molecule has 0 saturated heterocycles. The Morgan fingerprint density at radius 2 is 1.82 bits per heavy atom. The second kappa shape index (κ2) is 9.22. The van der Waals surface area contributed by atoms with E-state index in [0.29, 0.717) is 27.0 Å². The largest absolute Gasteiger partial charge is 0.497 e. The third-order valence-electron chi connectivity index (χ3n) is 5.78. The molecule has 1 N–H and O–H groups in total. The summed E-state index contributed by atoms with van der Waals surface area (Å²) in [4.78, 5) is 35.7. The number of ether oxygens (including phenoxy) is 1. The van der Waals surface area contributed by atoms with Gasteiger partial charge < -0.3 is 14.6 Å². The Hall–Kier alpha value is -3.79. The van der Waals surface area contributed by atoms with Gasteiger partial charge in [-0.2, -0.15) is 5.10 Å². The number of rotatable bonds is 6. The second-order valence-electron chi connectivity index (χ2n) is 8.02. The van der Waals surface area contributed by atoms with E-state index in [1.807, 2.05) is 55.9 Å². The van der Waals surface area contributed by atoms with Gasteiger partial charge in [0.2, 0.25) is 0 Å². The molecule has 34 heavy (non-hydrogen) atoms. The molecule has 0 saturated carbocycles.